The molecule has 0 bridgehead atoms. The van der Waals surface area contributed by atoms with Crippen molar-refractivity contribution in [3.05, 3.63) is 95.8 Å². The number of ketones is 1. The number of aromatic nitrogens is 2. The van der Waals surface area contributed by atoms with Crippen LogP contribution >= 0.6 is 0 Å². The second kappa shape index (κ2) is 12.3. The lowest BCUT2D eigenvalue weighted by molar-refractivity contribution is 0.0959. The van der Waals surface area contributed by atoms with E-state index in [1.807, 2.05) is 41.9 Å². The van der Waals surface area contributed by atoms with Gasteiger partial charge >= 0.3 is 0 Å². The van der Waals surface area contributed by atoms with Gasteiger partial charge in [0.1, 0.15) is 5.75 Å². The van der Waals surface area contributed by atoms with Gasteiger partial charge in [-0.15, -0.1) is 0 Å². The Labute approximate surface area is 235 Å². The normalized spacial score (nSPS) is 13.0. The molecule has 206 valence electrons. The van der Waals surface area contributed by atoms with Crippen molar-refractivity contribution in [3.63, 3.8) is 0 Å². The van der Waals surface area contributed by atoms with Crippen molar-refractivity contribution in [1.29, 1.82) is 0 Å². The van der Waals surface area contributed by atoms with Crippen LogP contribution in [0.5, 0.6) is 5.75 Å². The number of hydrogen-bond acceptors (Lipinski definition) is 3. The molecule has 0 fully saturated rings. The first-order valence-corrected chi connectivity index (χ1v) is 16.5. The Kier molecular flexibility index (Phi) is 9.11. The number of aryl methyl sites for hydroxylation is 2. The predicted octanol–water partition coefficient (Wildman–Crippen LogP) is 9.12. The van der Waals surface area contributed by atoms with Crippen LogP contribution in [0, 0.1) is 0 Å². The van der Waals surface area contributed by atoms with Gasteiger partial charge in [0.15, 0.2) is 11.6 Å². The van der Waals surface area contributed by atoms with Gasteiger partial charge in [0.25, 0.3) is 8.32 Å². The van der Waals surface area contributed by atoms with Gasteiger partial charge < -0.3 is 8.99 Å². The SMILES string of the molecule is CC(C)[Si](Oc1cccc(CC[C@H](CC(=O)c2nc3ccccc3n2C)c2ccccc2)c1)(C(C)C)C(C)C. The fourth-order valence-electron chi connectivity index (χ4n) is 6.48. The lowest BCUT2D eigenvalue weighted by atomic mass is 9.88. The Morgan fingerprint density at radius 2 is 1.49 bits per heavy atom. The number of Topliss-reactive ketones (excluding diaryl/α,β-unsaturated/α-hetero) is 1. The molecule has 1 heterocycles. The van der Waals surface area contributed by atoms with E-state index >= 15 is 0 Å². The highest BCUT2D eigenvalue weighted by Crippen LogP contribution is 2.43. The summed E-state index contributed by atoms with van der Waals surface area (Å²) in [5.41, 5.74) is 5.87. The van der Waals surface area contributed by atoms with Crippen LogP contribution in [0.4, 0.5) is 0 Å². The number of carbonyl (C=O) groups is 1. The number of benzene rings is 3. The molecule has 0 N–H and O–H groups in total. The van der Waals surface area contributed by atoms with Crippen LogP contribution in [-0.4, -0.2) is 23.7 Å². The Balaban J connectivity index is 1.54. The lowest BCUT2D eigenvalue weighted by Crippen LogP contribution is -2.50. The molecule has 0 saturated heterocycles. The van der Waals surface area contributed by atoms with E-state index in [9.17, 15) is 4.79 Å². The molecule has 5 heteroatoms. The van der Waals surface area contributed by atoms with Gasteiger partial charge in [-0.05, 0) is 70.8 Å². The number of imidazole rings is 1. The maximum atomic E-state index is 13.5. The maximum Gasteiger partial charge on any atom is 0.258 e. The number of rotatable bonds is 12. The molecule has 0 aliphatic carbocycles. The maximum absolute atomic E-state index is 13.5. The van der Waals surface area contributed by atoms with Gasteiger partial charge in [-0.2, -0.15) is 0 Å². The van der Waals surface area contributed by atoms with E-state index in [1.165, 1.54) is 11.1 Å². The van der Waals surface area contributed by atoms with Crippen molar-refractivity contribution < 1.29 is 9.22 Å². The van der Waals surface area contributed by atoms with Gasteiger partial charge in [0.2, 0.25) is 0 Å². The summed E-state index contributed by atoms with van der Waals surface area (Å²) < 4.78 is 8.88. The summed E-state index contributed by atoms with van der Waals surface area (Å²) in [6.45, 7) is 13.9. The van der Waals surface area contributed by atoms with E-state index in [1.54, 1.807) is 0 Å². The molecule has 0 aliphatic rings. The molecule has 0 aliphatic heterocycles. The van der Waals surface area contributed by atoms with Crippen LogP contribution in [0.1, 0.15) is 82.0 Å². The van der Waals surface area contributed by atoms with E-state index in [0.717, 1.165) is 29.6 Å². The summed E-state index contributed by atoms with van der Waals surface area (Å²) in [4.78, 5) is 18.2. The third kappa shape index (κ3) is 6.19. The Morgan fingerprint density at radius 3 is 2.13 bits per heavy atom. The summed E-state index contributed by atoms with van der Waals surface area (Å²) in [6, 6.07) is 27.0. The molecular weight excluding hydrogens is 496 g/mol. The molecule has 0 amide bonds. The molecule has 0 spiro atoms. The standard InChI is InChI=1S/C34H44N2O2Si/c1-24(2)39(25(3)4,26(5)6)38-30-17-13-14-27(22-30)20-21-29(28-15-9-8-10-16-28)23-33(37)34-35-31-18-11-12-19-32(31)36(34)7/h8-19,22,24-26,29H,20-21,23H2,1-7H3/t29-/m1/s1. The van der Waals surface area contributed by atoms with Gasteiger partial charge in [0.05, 0.1) is 11.0 Å². The first-order chi connectivity index (χ1) is 18.6. The zero-order valence-electron chi connectivity index (χ0n) is 24.6. The first kappa shape index (κ1) is 28.8. The molecule has 1 aromatic heterocycles. The molecule has 4 aromatic rings. The average molecular weight is 541 g/mol. The van der Waals surface area contributed by atoms with E-state index in [0.29, 0.717) is 28.9 Å². The van der Waals surface area contributed by atoms with Gasteiger partial charge in [-0.3, -0.25) is 4.79 Å². The molecule has 1 atom stereocenters. The highest BCUT2D eigenvalue weighted by Gasteiger charge is 2.47. The molecule has 0 saturated carbocycles. The molecule has 4 rings (SSSR count). The molecular formula is C34H44N2O2Si. The lowest BCUT2D eigenvalue weighted by Gasteiger charge is -2.42. The van der Waals surface area contributed by atoms with Gasteiger partial charge in [0, 0.05) is 13.5 Å². The smallest absolute Gasteiger partial charge is 0.258 e. The number of nitrogens with zero attached hydrogens (tertiary/aromatic N) is 2. The van der Waals surface area contributed by atoms with Crippen molar-refractivity contribution in [2.24, 2.45) is 7.05 Å². The minimum absolute atomic E-state index is 0.0845. The molecule has 4 nitrogen and oxygen atoms in total. The topological polar surface area (TPSA) is 44.1 Å². The van der Waals surface area contributed by atoms with Crippen molar-refractivity contribution in [2.45, 2.75) is 83.3 Å². The first-order valence-electron chi connectivity index (χ1n) is 14.4. The second-order valence-corrected chi connectivity index (χ2v) is 17.2. The molecule has 0 radical (unpaired) electrons. The highest BCUT2D eigenvalue weighted by atomic mass is 28.4. The van der Waals surface area contributed by atoms with E-state index in [2.05, 4.69) is 95.1 Å². The largest absolute Gasteiger partial charge is 0.543 e. The Hall–Kier alpha value is -3.18. The van der Waals surface area contributed by atoms with Crippen LogP contribution in [0.3, 0.4) is 0 Å². The third-order valence-corrected chi connectivity index (χ3v) is 14.4. The van der Waals surface area contributed by atoms with E-state index in [-0.39, 0.29) is 11.7 Å². The van der Waals surface area contributed by atoms with Crippen LogP contribution < -0.4 is 4.43 Å². The summed E-state index contributed by atoms with van der Waals surface area (Å²) in [5.74, 6) is 1.71. The number of fused-ring (bicyclic) bond motifs is 1. The van der Waals surface area contributed by atoms with Crippen LogP contribution in [0.25, 0.3) is 11.0 Å². The van der Waals surface area contributed by atoms with Gasteiger partial charge in [-0.1, -0.05) is 96.1 Å². The monoisotopic (exact) mass is 540 g/mol. The number of hydrogen-bond donors (Lipinski definition) is 0. The second-order valence-electron chi connectivity index (χ2n) is 11.8. The fourth-order valence-corrected chi connectivity index (χ4v) is 11.7. The number of para-hydroxylation sites is 2. The fraction of sp³-hybridized carbons (Fsp3) is 0.412. The predicted molar refractivity (Wildman–Crippen MR) is 165 cm³/mol. The van der Waals surface area contributed by atoms with Crippen LogP contribution in [0.2, 0.25) is 16.6 Å². The molecule has 0 unspecified atom stereocenters. The Bertz CT molecular complexity index is 1370. The summed E-state index contributed by atoms with van der Waals surface area (Å²) in [7, 11) is -0.0907. The summed E-state index contributed by atoms with van der Waals surface area (Å²) >= 11 is 0. The zero-order chi connectivity index (χ0) is 28.2. The van der Waals surface area contributed by atoms with E-state index in [4.69, 9.17) is 4.43 Å². The minimum atomic E-state index is -2.02. The number of carbonyl (C=O) groups excluding carboxylic acids is 1. The summed E-state index contributed by atoms with van der Waals surface area (Å²) in [5, 5.41) is 0. The molecule has 39 heavy (non-hydrogen) atoms. The average Bonchev–Trinajstić information content (AvgIpc) is 3.26. The molecule has 3 aromatic carbocycles. The van der Waals surface area contributed by atoms with Gasteiger partial charge in [-0.25, -0.2) is 4.98 Å². The van der Waals surface area contributed by atoms with Crippen molar-refractivity contribution in [1.82, 2.24) is 9.55 Å². The Morgan fingerprint density at radius 1 is 0.846 bits per heavy atom. The van der Waals surface area contributed by atoms with Crippen molar-refractivity contribution in [2.75, 3.05) is 0 Å². The summed E-state index contributed by atoms with van der Waals surface area (Å²) in [6.07, 6.45) is 2.19. The van der Waals surface area contributed by atoms with Crippen molar-refractivity contribution >= 4 is 25.1 Å². The minimum Gasteiger partial charge on any atom is -0.543 e. The van der Waals surface area contributed by atoms with Crippen LogP contribution in [0.15, 0.2) is 78.9 Å². The van der Waals surface area contributed by atoms with Crippen LogP contribution in [-0.2, 0) is 13.5 Å². The highest BCUT2D eigenvalue weighted by molar-refractivity contribution is 6.78. The zero-order valence-corrected chi connectivity index (χ0v) is 25.6. The quantitative estimate of drug-likeness (QED) is 0.133. The van der Waals surface area contributed by atoms with E-state index < -0.39 is 8.32 Å². The van der Waals surface area contributed by atoms with Crippen molar-refractivity contribution in [3.8, 4) is 5.75 Å². The third-order valence-electron chi connectivity index (χ3n) is 8.42.